The lowest BCUT2D eigenvalue weighted by Gasteiger charge is -2.23. The minimum Gasteiger partial charge on any atom is -0.469 e. The molecule has 3 nitrogen and oxygen atoms in total. The monoisotopic (exact) mass is 222 g/mol. The lowest BCUT2D eigenvalue weighted by molar-refractivity contribution is 0.258. The average molecular weight is 222 g/mol. The van der Waals surface area contributed by atoms with E-state index in [0.717, 1.165) is 18.8 Å². The summed E-state index contributed by atoms with van der Waals surface area (Å²) >= 11 is 0. The Kier molecular flexibility index (Phi) is 3.66. The molecule has 0 bridgehead atoms. The Balaban J connectivity index is 1.84. The molecule has 2 unspecified atom stereocenters. The second-order valence-corrected chi connectivity index (χ2v) is 5.05. The van der Waals surface area contributed by atoms with Crippen LogP contribution in [0.15, 0.2) is 16.7 Å². The smallest absolute Gasteiger partial charge is 0.105 e. The van der Waals surface area contributed by atoms with Crippen LogP contribution in [-0.4, -0.2) is 24.5 Å². The molecule has 2 atom stereocenters. The van der Waals surface area contributed by atoms with Crippen molar-refractivity contribution in [3.05, 3.63) is 23.7 Å². The Morgan fingerprint density at radius 2 is 2.31 bits per heavy atom. The Morgan fingerprint density at radius 3 is 2.88 bits per heavy atom. The molecular weight excluding hydrogens is 200 g/mol. The number of rotatable bonds is 4. The second-order valence-electron chi connectivity index (χ2n) is 5.05. The largest absolute Gasteiger partial charge is 0.469 e. The molecule has 0 saturated heterocycles. The first kappa shape index (κ1) is 11.7. The van der Waals surface area contributed by atoms with E-state index in [4.69, 9.17) is 10.2 Å². The quantitative estimate of drug-likeness (QED) is 0.848. The van der Waals surface area contributed by atoms with E-state index in [2.05, 4.69) is 18.0 Å². The Bertz CT molecular complexity index is 334. The molecule has 0 radical (unpaired) electrons. The summed E-state index contributed by atoms with van der Waals surface area (Å²) in [5, 5.41) is 0. The highest BCUT2D eigenvalue weighted by Gasteiger charge is 2.24. The minimum atomic E-state index is 0.410. The third kappa shape index (κ3) is 2.66. The van der Waals surface area contributed by atoms with Crippen LogP contribution in [0.5, 0.6) is 0 Å². The first-order valence-corrected chi connectivity index (χ1v) is 6.14. The van der Waals surface area contributed by atoms with Crippen LogP contribution in [0.4, 0.5) is 0 Å². The molecule has 3 heteroatoms. The molecule has 90 valence electrons. The summed E-state index contributed by atoms with van der Waals surface area (Å²) in [7, 11) is 2.16. The van der Waals surface area contributed by atoms with Crippen molar-refractivity contribution in [2.45, 2.75) is 38.8 Å². The molecule has 2 N–H and O–H groups in total. The van der Waals surface area contributed by atoms with E-state index in [-0.39, 0.29) is 0 Å². The van der Waals surface area contributed by atoms with Gasteiger partial charge in [0.15, 0.2) is 0 Å². The van der Waals surface area contributed by atoms with Crippen molar-refractivity contribution < 1.29 is 4.42 Å². The van der Waals surface area contributed by atoms with E-state index >= 15 is 0 Å². The molecule has 2 rings (SSSR count). The standard InChI is InChI=1S/C13H22N2O/c1-10-11(6-7-16-10)8-15(2)9-12-4-3-5-13(12)14/h6-7,12-13H,3-5,8-9,14H2,1-2H3. The molecule has 0 amide bonds. The maximum absolute atomic E-state index is 6.09. The first-order chi connectivity index (χ1) is 7.66. The van der Waals surface area contributed by atoms with E-state index < -0.39 is 0 Å². The van der Waals surface area contributed by atoms with Crippen LogP contribution in [-0.2, 0) is 6.54 Å². The predicted molar refractivity (Wildman–Crippen MR) is 65.1 cm³/mol. The fourth-order valence-electron chi connectivity index (χ4n) is 2.62. The van der Waals surface area contributed by atoms with Crippen LogP contribution in [0.3, 0.4) is 0 Å². The molecule has 16 heavy (non-hydrogen) atoms. The fraction of sp³-hybridized carbons (Fsp3) is 0.692. The van der Waals surface area contributed by atoms with Crippen molar-refractivity contribution >= 4 is 0 Å². The molecule has 1 aliphatic rings. The molecule has 1 fully saturated rings. The molecule has 1 heterocycles. The Labute approximate surface area is 97.6 Å². The van der Waals surface area contributed by atoms with Gasteiger partial charge < -0.3 is 15.1 Å². The van der Waals surface area contributed by atoms with Gasteiger partial charge >= 0.3 is 0 Å². The van der Waals surface area contributed by atoms with Crippen molar-refractivity contribution in [2.75, 3.05) is 13.6 Å². The predicted octanol–water partition coefficient (Wildman–Crippen LogP) is 2.15. The van der Waals surface area contributed by atoms with Crippen LogP contribution in [0.1, 0.15) is 30.6 Å². The molecular formula is C13H22N2O. The fourth-order valence-corrected chi connectivity index (χ4v) is 2.62. The number of hydrogen-bond acceptors (Lipinski definition) is 3. The average Bonchev–Trinajstić information content (AvgIpc) is 2.79. The highest BCUT2D eigenvalue weighted by molar-refractivity contribution is 5.15. The number of nitrogens with zero attached hydrogens (tertiary/aromatic N) is 1. The highest BCUT2D eigenvalue weighted by atomic mass is 16.3. The zero-order valence-electron chi connectivity index (χ0n) is 10.3. The van der Waals surface area contributed by atoms with Gasteiger partial charge in [-0.1, -0.05) is 6.42 Å². The van der Waals surface area contributed by atoms with Gasteiger partial charge in [-0.25, -0.2) is 0 Å². The van der Waals surface area contributed by atoms with Gasteiger partial charge in [0.2, 0.25) is 0 Å². The number of hydrogen-bond donors (Lipinski definition) is 1. The number of furan rings is 1. The third-order valence-electron chi connectivity index (χ3n) is 3.67. The zero-order valence-corrected chi connectivity index (χ0v) is 10.3. The van der Waals surface area contributed by atoms with Crippen molar-refractivity contribution in [2.24, 2.45) is 11.7 Å². The Hall–Kier alpha value is -0.800. The third-order valence-corrected chi connectivity index (χ3v) is 3.67. The second kappa shape index (κ2) is 5.02. The van der Waals surface area contributed by atoms with Crippen LogP contribution in [0, 0.1) is 12.8 Å². The lowest BCUT2D eigenvalue weighted by atomic mass is 10.0. The van der Waals surface area contributed by atoms with Crippen molar-refractivity contribution in [3.8, 4) is 0 Å². The minimum absolute atomic E-state index is 0.410. The van der Waals surface area contributed by atoms with E-state index in [1.165, 1.54) is 24.8 Å². The van der Waals surface area contributed by atoms with Gasteiger partial charge in [0.25, 0.3) is 0 Å². The van der Waals surface area contributed by atoms with Gasteiger partial charge in [0.05, 0.1) is 6.26 Å². The number of nitrogens with two attached hydrogens (primary N) is 1. The van der Waals surface area contributed by atoms with Gasteiger partial charge in [-0.2, -0.15) is 0 Å². The summed E-state index contributed by atoms with van der Waals surface area (Å²) in [5.74, 6) is 1.71. The summed E-state index contributed by atoms with van der Waals surface area (Å²) < 4.78 is 5.31. The summed E-state index contributed by atoms with van der Waals surface area (Å²) in [5.41, 5.74) is 7.37. The van der Waals surface area contributed by atoms with Crippen molar-refractivity contribution in [1.82, 2.24) is 4.90 Å². The zero-order chi connectivity index (χ0) is 11.5. The molecule has 1 aromatic rings. The topological polar surface area (TPSA) is 42.4 Å². The molecule has 1 aliphatic carbocycles. The first-order valence-electron chi connectivity index (χ1n) is 6.14. The van der Waals surface area contributed by atoms with Crippen molar-refractivity contribution in [3.63, 3.8) is 0 Å². The summed E-state index contributed by atoms with van der Waals surface area (Å²) in [6.07, 6.45) is 5.54. The SMILES string of the molecule is Cc1occc1CN(C)CC1CCCC1N. The van der Waals surface area contributed by atoms with Gasteiger partial charge in [-0.05, 0) is 38.8 Å². The van der Waals surface area contributed by atoms with Gasteiger partial charge in [0, 0.05) is 24.7 Å². The van der Waals surface area contributed by atoms with Gasteiger partial charge in [-0.3, -0.25) is 0 Å². The van der Waals surface area contributed by atoms with Crippen LogP contribution in [0.25, 0.3) is 0 Å². The molecule has 1 aromatic heterocycles. The van der Waals surface area contributed by atoms with E-state index in [9.17, 15) is 0 Å². The van der Waals surface area contributed by atoms with Crippen LogP contribution < -0.4 is 5.73 Å². The van der Waals surface area contributed by atoms with Crippen LogP contribution in [0.2, 0.25) is 0 Å². The van der Waals surface area contributed by atoms with E-state index in [1.807, 2.05) is 6.92 Å². The molecule has 0 aliphatic heterocycles. The summed E-state index contributed by atoms with van der Waals surface area (Å²) in [6, 6.07) is 2.47. The van der Waals surface area contributed by atoms with Crippen molar-refractivity contribution in [1.29, 1.82) is 0 Å². The van der Waals surface area contributed by atoms with E-state index in [1.54, 1.807) is 6.26 Å². The summed E-state index contributed by atoms with van der Waals surface area (Å²) in [4.78, 5) is 2.35. The maximum Gasteiger partial charge on any atom is 0.105 e. The normalized spacial score (nSPS) is 25.5. The number of aryl methyl sites for hydroxylation is 1. The maximum atomic E-state index is 6.09. The molecule has 0 aromatic carbocycles. The molecule has 0 spiro atoms. The van der Waals surface area contributed by atoms with Gasteiger partial charge in [-0.15, -0.1) is 0 Å². The van der Waals surface area contributed by atoms with E-state index in [0.29, 0.717) is 12.0 Å². The summed E-state index contributed by atoms with van der Waals surface area (Å²) in [6.45, 7) is 4.09. The molecule has 1 saturated carbocycles. The van der Waals surface area contributed by atoms with Crippen LogP contribution >= 0.6 is 0 Å². The van der Waals surface area contributed by atoms with Gasteiger partial charge in [0.1, 0.15) is 5.76 Å². The Morgan fingerprint density at radius 1 is 1.50 bits per heavy atom. The lowest BCUT2D eigenvalue weighted by Crippen LogP contribution is -2.34. The highest BCUT2D eigenvalue weighted by Crippen LogP contribution is 2.25.